The molecule has 0 radical (unpaired) electrons. The summed E-state index contributed by atoms with van der Waals surface area (Å²) in [5.74, 6) is 0. The standard InChI is InChI=1S/C7H11N2.3C3H8N.Ti/c1-7(2,3)6-4-5-8-9-6;3*1-3-4-2;/h4-5H,1-3H3;3*3H2,1-2H3;/q4*-1;+4. The van der Waals surface area contributed by atoms with Crippen molar-refractivity contribution < 1.29 is 21.7 Å². The molecule has 0 N–H and O–H groups in total. The van der Waals surface area contributed by atoms with Crippen LogP contribution in [-0.4, -0.2) is 45.9 Å². The maximum atomic E-state index is 3.94. The van der Waals surface area contributed by atoms with E-state index in [9.17, 15) is 0 Å². The zero-order chi connectivity index (χ0) is 17.1. The molecule has 0 aliphatic carbocycles. The number of nitrogens with zero attached hydrogens (tertiary/aromatic N) is 5. The van der Waals surface area contributed by atoms with Gasteiger partial charge in [-0.15, -0.1) is 0 Å². The van der Waals surface area contributed by atoms with Crippen molar-refractivity contribution in [3.63, 3.8) is 0 Å². The summed E-state index contributed by atoms with van der Waals surface area (Å²) in [6, 6.07) is 1.94. The van der Waals surface area contributed by atoms with E-state index >= 15 is 0 Å². The van der Waals surface area contributed by atoms with Crippen LogP contribution in [0, 0.1) is 0 Å². The van der Waals surface area contributed by atoms with Gasteiger partial charge in [0.1, 0.15) is 0 Å². The Hall–Kier alpha value is -0.196. The zero-order valence-corrected chi connectivity index (χ0v) is 17.6. The molecule has 1 heterocycles. The monoisotopic (exact) mass is 345 g/mol. The van der Waals surface area contributed by atoms with E-state index in [1.807, 2.05) is 26.8 Å². The Labute approximate surface area is 153 Å². The number of hydrogen-bond donors (Lipinski definition) is 0. The van der Waals surface area contributed by atoms with E-state index in [4.69, 9.17) is 0 Å². The molecule has 0 amide bonds. The molecule has 0 unspecified atom stereocenters. The second-order valence-electron chi connectivity index (χ2n) is 5.06. The molecule has 0 fully saturated rings. The van der Waals surface area contributed by atoms with Gasteiger partial charge in [0.05, 0.1) is 0 Å². The molecule has 0 aliphatic rings. The second-order valence-corrected chi connectivity index (χ2v) is 5.06. The molecule has 1 aromatic heterocycles. The summed E-state index contributed by atoms with van der Waals surface area (Å²) >= 11 is 0. The first-order chi connectivity index (χ1) is 9.85. The van der Waals surface area contributed by atoms with Crippen molar-refractivity contribution in [3.8, 4) is 0 Å². The summed E-state index contributed by atoms with van der Waals surface area (Å²) in [5.41, 5.74) is 1.21. The maximum absolute atomic E-state index is 3.94. The van der Waals surface area contributed by atoms with Gasteiger partial charge < -0.3 is 26.1 Å². The van der Waals surface area contributed by atoms with E-state index in [1.54, 1.807) is 27.3 Å². The van der Waals surface area contributed by atoms with Gasteiger partial charge in [-0.2, -0.15) is 47.0 Å². The topological polar surface area (TPSA) is 69.3 Å². The predicted octanol–water partition coefficient (Wildman–Crippen LogP) is 4.36. The Bertz CT molecular complexity index is 242. The normalized spacial score (nSPS) is 8.95. The van der Waals surface area contributed by atoms with Crippen molar-refractivity contribution in [3.05, 3.63) is 33.9 Å². The summed E-state index contributed by atoms with van der Waals surface area (Å²) in [4.78, 5) is 0. The van der Waals surface area contributed by atoms with Crippen LogP contribution >= 0.6 is 0 Å². The Morgan fingerprint density at radius 1 is 0.909 bits per heavy atom. The molecule has 0 saturated carbocycles. The van der Waals surface area contributed by atoms with Crippen LogP contribution in [0.5, 0.6) is 0 Å². The summed E-state index contributed by atoms with van der Waals surface area (Å²) in [5, 5.41) is 18.9. The molecule has 1 rings (SSSR count). The van der Waals surface area contributed by atoms with Crippen LogP contribution < -0.4 is 5.10 Å². The maximum Gasteiger partial charge on any atom is 4.00 e. The van der Waals surface area contributed by atoms with Crippen molar-refractivity contribution in [1.29, 1.82) is 0 Å². The summed E-state index contributed by atoms with van der Waals surface area (Å²) < 4.78 is 0. The van der Waals surface area contributed by atoms with E-state index in [1.165, 1.54) is 0 Å². The van der Waals surface area contributed by atoms with E-state index in [-0.39, 0.29) is 27.1 Å². The summed E-state index contributed by atoms with van der Waals surface area (Å²) in [6.07, 6.45) is 1.72. The number of hydrogen-bond acceptors (Lipinski definition) is 1. The fourth-order valence-corrected chi connectivity index (χ4v) is 0.633. The SMILES string of the molecule is CC(C)(C)c1cc[n-]n1.CC[N-]C.CC[N-]C.CC[N-]C.[Ti+4]. The van der Waals surface area contributed by atoms with Crippen LogP contribution in [0.1, 0.15) is 47.2 Å². The molecule has 0 atom stereocenters. The summed E-state index contributed by atoms with van der Waals surface area (Å²) in [7, 11) is 5.42. The third-order valence-corrected chi connectivity index (χ3v) is 2.18. The van der Waals surface area contributed by atoms with E-state index in [0.29, 0.717) is 0 Å². The molecule has 128 valence electrons. The predicted molar refractivity (Wildman–Crippen MR) is 95.7 cm³/mol. The van der Waals surface area contributed by atoms with Gasteiger partial charge in [-0.25, -0.2) is 0 Å². The van der Waals surface area contributed by atoms with E-state index in [0.717, 1.165) is 25.3 Å². The molecular formula is C16H35N5Ti. The van der Waals surface area contributed by atoms with Crippen molar-refractivity contribution in [2.24, 2.45) is 0 Å². The molecule has 0 spiro atoms. The zero-order valence-electron chi connectivity index (χ0n) is 16.0. The van der Waals surface area contributed by atoms with Gasteiger partial charge in [0.25, 0.3) is 0 Å². The average molecular weight is 345 g/mol. The van der Waals surface area contributed by atoms with Crippen molar-refractivity contribution >= 4 is 0 Å². The van der Waals surface area contributed by atoms with Crippen LogP contribution in [0.15, 0.2) is 12.3 Å². The first-order valence-electron chi connectivity index (χ1n) is 7.47. The molecule has 5 nitrogen and oxygen atoms in total. The molecule has 1 aromatic rings. The number of aromatic nitrogens is 2. The second kappa shape index (κ2) is 23.1. The summed E-state index contributed by atoms with van der Waals surface area (Å²) in [6.45, 7) is 15.2. The van der Waals surface area contributed by atoms with Gasteiger partial charge in [0.15, 0.2) is 0 Å². The third kappa shape index (κ3) is 28.0. The molecule has 0 aromatic carbocycles. The molecular weight excluding hydrogens is 310 g/mol. The Kier molecular flexibility index (Phi) is 31.2. The van der Waals surface area contributed by atoms with Crippen LogP contribution in [0.4, 0.5) is 0 Å². The molecule has 22 heavy (non-hydrogen) atoms. The third-order valence-electron chi connectivity index (χ3n) is 2.18. The minimum Gasteiger partial charge on any atom is -0.665 e. The smallest absolute Gasteiger partial charge is 0.665 e. The fourth-order valence-electron chi connectivity index (χ4n) is 0.633. The van der Waals surface area contributed by atoms with E-state index < -0.39 is 0 Å². The first-order valence-corrected chi connectivity index (χ1v) is 7.47. The molecule has 0 saturated heterocycles. The van der Waals surface area contributed by atoms with Crippen molar-refractivity contribution in [2.75, 3.05) is 40.8 Å². The van der Waals surface area contributed by atoms with Gasteiger partial charge >= 0.3 is 21.7 Å². The quantitative estimate of drug-likeness (QED) is 0.764. The minimum atomic E-state index is 0. The molecule has 0 bridgehead atoms. The van der Waals surface area contributed by atoms with Crippen LogP contribution in [0.2, 0.25) is 0 Å². The van der Waals surface area contributed by atoms with Crippen molar-refractivity contribution in [1.82, 2.24) is 10.2 Å². The van der Waals surface area contributed by atoms with Crippen LogP contribution in [0.25, 0.3) is 16.0 Å². The van der Waals surface area contributed by atoms with E-state index in [2.05, 4.69) is 46.9 Å². The fraction of sp³-hybridized carbons (Fsp3) is 0.812. The van der Waals surface area contributed by atoms with Gasteiger partial charge in [0, 0.05) is 11.1 Å². The van der Waals surface area contributed by atoms with Gasteiger partial charge in [0.2, 0.25) is 0 Å². The molecule has 0 aliphatic heterocycles. The molecule has 6 heteroatoms. The minimum absolute atomic E-state index is 0. The first kappa shape index (κ1) is 29.8. The Morgan fingerprint density at radius 3 is 1.32 bits per heavy atom. The van der Waals surface area contributed by atoms with Crippen LogP contribution in [0.3, 0.4) is 0 Å². The Balaban J connectivity index is -0.000000107. The largest absolute Gasteiger partial charge is 4.00 e. The van der Waals surface area contributed by atoms with Gasteiger partial charge in [-0.1, -0.05) is 47.6 Å². The number of rotatable bonds is 3. The Morgan fingerprint density at radius 2 is 1.23 bits per heavy atom. The van der Waals surface area contributed by atoms with Gasteiger partial charge in [-0.05, 0) is 0 Å². The van der Waals surface area contributed by atoms with Crippen LogP contribution in [-0.2, 0) is 27.1 Å². The van der Waals surface area contributed by atoms with Gasteiger partial charge in [-0.3, -0.25) is 0 Å². The van der Waals surface area contributed by atoms with Crippen molar-refractivity contribution in [2.45, 2.75) is 47.0 Å². The average Bonchev–Trinajstić information content (AvgIpc) is 3.02.